The summed E-state index contributed by atoms with van der Waals surface area (Å²) in [5.74, 6) is 1.80. The van der Waals surface area contributed by atoms with E-state index in [2.05, 4.69) is 29.6 Å². The van der Waals surface area contributed by atoms with Gasteiger partial charge in [-0.25, -0.2) is 0 Å². The van der Waals surface area contributed by atoms with Crippen LogP contribution in [0, 0.1) is 0 Å². The summed E-state index contributed by atoms with van der Waals surface area (Å²) in [6.07, 6.45) is 2.49. The molecule has 0 spiro atoms. The Labute approximate surface area is 143 Å². The molecule has 1 aliphatic heterocycles. The normalized spacial score (nSPS) is 17.0. The largest absolute Gasteiger partial charge is 0.497 e. The smallest absolute Gasteiger partial charge is 0.119 e. The van der Waals surface area contributed by atoms with E-state index in [1.54, 1.807) is 7.11 Å². The Kier molecular flexibility index (Phi) is 6.10. The van der Waals surface area contributed by atoms with E-state index in [-0.39, 0.29) is 6.10 Å². The highest BCUT2D eigenvalue weighted by Gasteiger charge is 2.15. The summed E-state index contributed by atoms with van der Waals surface area (Å²) in [6, 6.07) is 16.4. The molecule has 0 bridgehead atoms. The Bertz CT molecular complexity index is 621. The Balaban J connectivity index is 1.45. The monoisotopic (exact) mass is 327 g/mol. The first kappa shape index (κ1) is 16.8. The lowest BCUT2D eigenvalue weighted by atomic mass is 10.2. The average molecular weight is 327 g/mol. The third-order valence-corrected chi connectivity index (χ3v) is 4.18. The van der Waals surface area contributed by atoms with Gasteiger partial charge in [0.15, 0.2) is 0 Å². The standard InChI is InChI=1S/C20H25NO3/c1-22-18-9-7-16(8-10-18)13-21-14-17-4-2-5-19(12-17)24-15-20-6-3-11-23-20/h2,4-5,7-10,12,20-21H,3,6,11,13-15H2,1H3. The van der Waals surface area contributed by atoms with Crippen molar-refractivity contribution in [1.29, 1.82) is 0 Å². The first-order chi connectivity index (χ1) is 11.8. The molecule has 1 N–H and O–H groups in total. The summed E-state index contributed by atoms with van der Waals surface area (Å²) in [6.45, 7) is 3.14. The topological polar surface area (TPSA) is 39.7 Å². The zero-order chi connectivity index (χ0) is 16.6. The van der Waals surface area contributed by atoms with E-state index in [9.17, 15) is 0 Å². The second-order valence-corrected chi connectivity index (χ2v) is 6.05. The van der Waals surface area contributed by atoms with Crippen LogP contribution < -0.4 is 14.8 Å². The first-order valence-corrected chi connectivity index (χ1v) is 8.50. The number of hydrogen-bond acceptors (Lipinski definition) is 4. The molecule has 2 aromatic rings. The molecule has 2 aromatic carbocycles. The maximum absolute atomic E-state index is 5.85. The first-order valence-electron chi connectivity index (χ1n) is 8.50. The van der Waals surface area contributed by atoms with Crippen LogP contribution in [0.4, 0.5) is 0 Å². The lowest BCUT2D eigenvalue weighted by molar-refractivity contribution is 0.0679. The Morgan fingerprint density at radius 2 is 1.88 bits per heavy atom. The van der Waals surface area contributed by atoms with E-state index in [1.807, 2.05) is 24.3 Å². The third-order valence-electron chi connectivity index (χ3n) is 4.18. The fourth-order valence-corrected chi connectivity index (χ4v) is 2.80. The van der Waals surface area contributed by atoms with Crippen LogP contribution in [0.25, 0.3) is 0 Å². The summed E-state index contributed by atoms with van der Waals surface area (Å²) < 4.78 is 16.6. The minimum atomic E-state index is 0.252. The van der Waals surface area contributed by atoms with Gasteiger partial charge >= 0.3 is 0 Å². The maximum Gasteiger partial charge on any atom is 0.119 e. The number of benzene rings is 2. The van der Waals surface area contributed by atoms with E-state index in [4.69, 9.17) is 14.2 Å². The Morgan fingerprint density at radius 3 is 2.62 bits per heavy atom. The highest BCUT2D eigenvalue weighted by atomic mass is 16.5. The van der Waals surface area contributed by atoms with Crippen LogP contribution in [-0.2, 0) is 17.8 Å². The van der Waals surface area contributed by atoms with Crippen molar-refractivity contribution in [2.75, 3.05) is 20.3 Å². The van der Waals surface area contributed by atoms with Gasteiger partial charge in [-0.1, -0.05) is 24.3 Å². The average Bonchev–Trinajstić information content (AvgIpc) is 3.15. The lowest BCUT2D eigenvalue weighted by Gasteiger charge is -2.12. The fraction of sp³-hybridized carbons (Fsp3) is 0.400. The molecule has 1 atom stereocenters. The van der Waals surface area contributed by atoms with Gasteiger partial charge in [0, 0.05) is 19.7 Å². The summed E-state index contributed by atoms with van der Waals surface area (Å²) in [5.41, 5.74) is 2.45. The second kappa shape index (κ2) is 8.71. The molecular weight excluding hydrogens is 302 g/mol. The van der Waals surface area contributed by atoms with Crippen molar-refractivity contribution in [3.8, 4) is 11.5 Å². The van der Waals surface area contributed by atoms with E-state index in [1.165, 1.54) is 11.1 Å². The quantitative estimate of drug-likeness (QED) is 0.805. The Morgan fingerprint density at radius 1 is 1.04 bits per heavy atom. The zero-order valence-electron chi connectivity index (χ0n) is 14.2. The highest BCUT2D eigenvalue weighted by molar-refractivity contribution is 5.29. The molecule has 24 heavy (non-hydrogen) atoms. The molecule has 4 nitrogen and oxygen atoms in total. The second-order valence-electron chi connectivity index (χ2n) is 6.05. The summed E-state index contributed by atoms with van der Waals surface area (Å²) in [4.78, 5) is 0. The van der Waals surface area contributed by atoms with Gasteiger partial charge < -0.3 is 19.5 Å². The maximum atomic E-state index is 5.85. The van der Waals surface area contributed by atoms with Crippen LogP contribution in [-0.4, -0.2) is 26.4 Å². The Hall–Kier alpha value is -2.04. The molecular formula is C20H25NO3. The number of ether oxygens (including phenoxy) is 3. The molecule has 0 aromatic heterocycles. The number of rotatable bonds is 8. The molecule has 0 saturated carbocycles. The van der Waals surface area contributed by atoms with Gasteiger partial charge in [0.2, 0.25) is 0 Å². The summed E-state index contributed by atoms with van der Waals surface area (Å²) in [5, 5.41) is 3.46. The van der Waals surface area contributed by atoms with Crippen LogP contribution in [0.15, 0.2) is 48.5 Å². The van der Waals surface area contributed by atoms with E-state index < -0.39 is 0 Å². The van der Waals surface area contributed by atoms with E-state index in [0.717, 1.165) is 44.0 Å². The molecule has 3 rings (SSSR count). The van der Waals surface area contributed by atoms with Gasteiger partial charge in [-0.05, 0) is 48.2 Å². The van der Waals surface area contributed by atoms with Crippen LogP contribution in [0.3, 0.4) is 0 Å². The molecule has 1 saturated heterocycles. The predicted octanol–water partition coefficient (Wildman–Crippen LogP) is 3.54. The number of methoxy groups -OCH3 is 1. The van der Waals surface area contributed by atoms with Crippen molar-refractivity contribution in [3.05, 3.63) is 59.7 Å². The van der Waals surface area contributed by atoms with E-state index >= 15 is 0 Å². The van der Waals surface area contributed by atoms with Gasteiger partial charge in [0.1, 0.15) is 18.1 Å². The molecule has 4 heteroatoms. The molecule has 0 radical (unpaired) electrons. The molecule has 0 amide bonds. The summed E-state index contributed by atoms with van der Waals surface area (Å²) in [7, 11) is 1.68. The van der Waals surface area contributed by atoms with Crippen molar-refractivity contribution in [2.24, 2.45) is 0 Å². The van der Waals surface area contributed by atoms with Crippen molar-refractivity contribution in [2.45, 2.75) is 32.0 Å². The van der Waals surface area contributed by atoms with Gasteiger partial charge in [0.25, 0.3) is 0 Å². The minimum absolute atomic E-state index is 0.252. The van der Waals surface area contributed by atoms with Gasteiger partial charge in [-0.2, -0.15) is 0 Å². The van der Waals surface area contributed by atoms with Gasteiger partial charge in [-0.3, -0.25) is 0 Å². The highest BCUT2D eigenvalue weighted by Crippen LogP contribution is 2.17. The molecule has 1 aliphatic rings. The van der Waals surface area contributed by atoms with Gasteiger partial charge in [0.05, 0.1) is 13.2 Å². The van der Waals surface area contributed by atoms with Crippen LogP contribution >= 0.6 is 0 Å². The van der Waals surface area contributed by atoms with Crippen molar-refractivity contribution >= 4 is 0 Å². The molecule has 1 unspecified atom stereocenters. The van der Waals surface area contributed by atoms with E-state index in [0.29, 0.717) is 6.61 Å². The van der Waals surface area contributed by atoms with Crippen molar-refractivity contribution in [3.63, 3.8) is 0 Å². The van der Waals surface area contributed by atoms with Crippen molar-refractivity contribution in [1.82, 2.24) is 5.32 Å². The molecule has 0 aliphatic carbocycles. The minimum Gasteiger partial charge on any atom is -0.497 e. The SMILES string of the molecule is COc1ccc(CNCc2cccc(OCC3CCCO3)c2)cc1. The number of nitrogens with one attached hydrogen (secondary N) is 1. The fourth-order valence-electron chi connectivity index (χ4n) is 2.80. The number of hydrogen-bond donors (Lipinski definition) is 1. The summed E-state index contributed by atoms with van der Waals surface area (Å²) >= 11 is 0. The van der Waals surface area contributed by atoms with Crippen LogP contribution in [0.1, 0.15) is 24.0 Å². The lowest BCUT2D eigenvalue weighted by Crippen LogP contribution is -2.16. The zero-order valence-corrected chi connectivity index (χ0v) is 14.2. The molecule has 128 valence electrons. The molecule has 1 fully saturated rings. The van der Waals surface area contributed by atoms with Crippen molar-refractivity contribution < 1.29 is 14.2 Å². The van der Waals surface area contributed by atoms with Crippen LogP contribution in [0.5, 0.6) is 11.5 Å². The third kappa shape index (κ3) is 4.98. The van der Waals surface area contributed by atoms with Gasteiger partial charge in [-0.15, -0.1) is 0 Å². The van der Waals surface area contributed by atoms with Crippen LogP contribution in [0.2, 0.25) is 0 Å². The predicted molar refractivity (Wildman–Crippen MR) is 94.4 cm³/mol. The molecule has 1 heterocycles.